The number of nitrogens with zero attached hydrogens (tertiary/aromatic N) is 4. The summed E-state index contributed by atoms with van der Waals surface area (Å²) in [6, 6.07) is 7.71. The van der Waals surface area contributed by atoms with Crippen molar-refractivity contribution in [2.75, 3.05) is 19.6 Å². The summed E-state index contributed by atoms with van der Waals surface area (Å²) in [6.45, 7) is 2.50. The summed E-state index contributed by atoms with van der Waals surface area (Å²) in [5.41, 5.74) is 9.35. The molecule has 0 unspecified atom stereocenters. The number of unbranched alkanes of at least 4 members (excludes halogenated alkanes) is 1. The molecule has 0 bridgehead atoms. The van der Waals surface area contributed by atoms with Crippen molar-refractivity contribution in [1.82, 2.24) is 24.4 Å². The molecule has 3 N–H and O–H groups in total. The number of pyridine rings is 2. The second-order valence-corrected chi connectivity index (χ2v) is 10.6. The largest absolute Gasteiger partial charge is 0.337 e. The SMILES string of the molecule is Cc1cn(-c2cc(-c3ccc(F)cc3C(=O)N3CC(F)C3)cc(C3CC3)n2)c(=O)c2[nH]c(CCCCN)nc12. The number of nitrogens with two attached hydrogens (primary N) is 1. The molecule has 4 heterocycles. The van der Waals surface area contributed by atoms with E-state index in [1.54, 1.807) is 18.3 Å². The van der Waals surface area contributed by atoms with E-state index < -0.39 is 17.9 Å². The number of hydrogen-bond donors (Lipinski definition) is 2. The molecule has 39 heavy (non-hydrogen) atoms. The van der Waals surface area contributed by atoms with Crippen molar-refractivity contribution in [3.05, 3.63) is 75.3 Å². The second-order valence-electron chi connectivity index (χ2n) is 10.6. The zero-order valence-electron chi connectivity index (χ0n) is 21.7. The molecule has 6 rings (SSSR count). The van der Waals surface area contributed by atoms with Crippen molar-refractivity contribution in [2.24, 2.45) is 5.73 Å². The first-order valence-electron chi connectivity index (χ1n) is 13.4. The van der Waals surface area contributed by atoms with E-state index in [9.17, 15) is 18.4 Å². The number of likely N-dealkylation sites (tertiary alicyclic amines) is 1. The molecular weight excluding hydrogens is 502 g/mol. The zero-order chi connectivity index (χ0) is 27.3. The highest BCUT2D eigenvalue weighted by atomic mass is 19.1. The maximum absolute atomic E-state index is 14.3. The van der Waals surface area contributed by atoms with E-state index in [0.29, 0.717) is 40.9 Å². The van der Waals surface area contributed by atoms with Gasteiger partial charge in [-0.3, -0.25) is 14.2 Å². The summed E-state index contributed by atoms with van der Waals surface area (Å²) in [5, 5.41) is 0. The Bertz CT molecular complexity index is 1640. The third kappa shape index (κ3) is 4.85. The Morgan fingerprint density at radius 2 is 1.95 bits per heavy atom. The second kappa shape index (κ2) is 10.00. The predicted molar refractivity (Wildman–Crippen MR) is 144 cm³/mol. The highest BCUT2D eigenvalue weighted by Crippen LogP contribution is 2.41. The third-order valence-electron chi connectivity index (χ3n) is 7.47. The molecule has 2 aliphatic rings. The first-order valence-corrected chi connectivity index (χ1v) is 13.4. The van der Waals surface area contributed by atoms with Crippen LogP contribution in [0.15, 0.2) is 41.3 Å². The molecule has 10 heteroatoms. The molecule has 1 aromatic carbocycles. The lowest BCUT2D eigenvalue weighted by molar-refractivity contribution is 0.0400. The zero-order valence-corrected chi connectivity index (χ0v) is 21.7. The van der Waals surface area contributed by atoms with Gasteiger partial charge in [-0.2, -0.15) is 0 Å². The van der Waals surface area contributed by atoms with Crippen LogP contribution >= 0.6 is 0 Å². The molecule has 202 valence electrons. The van der Waals surface area contributed by atoms with Crippen LogP contribution in [0.25, 0.3) is 28.0 Å². The average molecular weight is 533 g/mol. The lowest BCUT2D eigenvalue weighted by Crippen LogP contribution is -2.51. The van der Waals surface area contributed by atoms with Gasteiger partial charge < -0.3 is 15.6 Å². The van der Waals surface area contributed by atoms with Crippen molar-refractivity contribution in [1.29, 1.82) is 0 Å². The summed E-state index contributed by atoms with van der Waals surface area (Å²) in [6.07, 6.45) is 5.09. The van der Waals surface area contributed by atoms with Crippen LogP contribution in [0.3, 0.4) is 0 Å². The van der Waals surface area contributed by atoms with E-state index in [1.165, 1.54) is 21.6 Å². The van der Waals surface area contributed by atoms with E-state index in [1.807, 2.05) is 13.0 Å². The lowest BCUT2D eigenvalue weighted by atomic mass is 9.96. The highest BCUT2D eigenvalue weighted by Gasteiger charge is 2.33. The fourth-order valence-corrected chi connectivity index (χ4v) is 5.13. The van der Waals surface area contributed by atoms with Crippen molar-refractivity contribution in [2.45, 2.75) is 51.1 Å². The van der Waals surface area contributed by atoms with Gasteiger partial charge in [0.05, 0.1) is 24.2 Å². The number of carbonyl (C=O) groups excluding carboxylic acids is 1. The number of rotatable bonds is 8. The standard InChI is InChI=1S/C29H30F2N6O2/c1-16-13-37(29(39)27-26(16)34-24(35-27)4-2-3-9-32)25-11-18(10-23(33-25)17-5-6-17)21-8-7-19(30)12-22(21)28(38)36-14-20(31)15-36/h7-8,10-13,17,20H,2-6,9,14-15,32H2,1H3,(H,34,35). The minimum atomic E-state index is -1.06. The number of aromatic amines is 1. The number of aryl methyl sites for hydroxylation is 2. The van der Waals surface area contributed by atoms with Gasteiger partial charge in [-0.15, -0.1) is 0 Å². The summed E-state index contributed by atoms with van der Waals surface area (Å²) < 4.78 is 29.3. The van der Waals surface area contributed by atoms with Crippen LogP contribution in [0.1, 0.15) is 59.0 Å². The minimum absolute atomic E-state index is 0.00319. The first-order chi connectivity index (χ1) is 18.8. The number of hydrogen-bond acceptors (Lipinski definition) is 5. The number of fused-ring (bicyclic) bond motifs is 1. The van der Waals surface area contributed by atoms with Gasteiger partial charge in [-0.1, -0.05) is 6.07 Å². The third-order valence-corrected chi connectivity index (χ3v) is 7.47. The van der Waals surface area contributed by atoms with Crippen molar-refractivity contribution < 1.29 is 13.6 Å². The predicted octanol–water partition coefficient (Wildman–Crippen LogP) is 4.18. The quantitative estimate of drug-likeness (QED) is 0.331. The van der Waals surface area contributed by atoms with Gasteiger partial charge >= 0.3 is 0 Å². The van der Waals surface area contributed by atoms with E-state index in [4.69, 9.17) is 10.7 Å². The Kier molecular flexibility index (Phi) is 6.50. The molecule has 0 radical (unpaired) electrons. The van der Waals surface area contributed by atoms with Crippen LogP contribution in [0, 0.1) is 12.7 Å². The van der Waals surface area contributed by atoms with Crippen LogP contribution in [0.4, 0.5) is 8.78 Å². The molecule has 1 saturated carbocycles. The van der Waals surface area contributed by atoms with E-state index in [0.717, 1.165) is 42.8 Å². The van der Waals surface area contributed by atoms with Gasteiger partial charge in [-0.05, 0) is 80.1 Å². The normalized spacial score (nSPS) is 15.6. The number of aromatic nitrogens is 4. The van der Waals surface area contributed by atoms with Gasteiger partial charge in [0.25, 0.3) is 11.5 Å². The number of alkyl halides is 1. The average Bonchev–Trinajstić information content (AvgIpc) is 3.67. The van der Waals surface area contributed by atoms with Crippen LogP contribution in [0.5, 0.6) is 0 Å². The van der Waals surface area contributed by atoms with Crippen molar-refractivity contribution >= 4 is 16.9 Å². The van der Waals surface area contributed by atoms with Gasteiger partial charge in [-0.25, -0.2) is 18.7 Å². The Hall–Kier alpha value is -3.92. The lowest BCUT2D eigenvalue weighted by Gasteiger charge is -2.34. The molecule has 1 aliphatic heterocycles. The van der Waals surface area contributed by atoms with Gasteiger partial charge in [0.2, 0.25) is 0 Å². The Morgan fingerprint density at radius 1 is 1.15 bits per heavy atom. The summed E-state index contributed by atoms with van der Waals surface area (Å²) in [7, 11) is 0. The minimum Gasteiger partial charge on any atom is -0.337 e. The van der Waals surface area contributed by atoms with Crippen LogP contribution in [-0.4, -0.2) is 56.1 Å². The number of imidazole rings is 1. The van der Waals surface area contributed by atoms with Gasteiger partial charge in [0.1, 0.15) is 29.1 Å². The monoisotopic (exact) mass is 532 g/mol. The molecule has 8 nitrogen and oxygen atoms in total. The number of H-pyrrole nitrogens is 1. The number of benzene rings is 1. The van der Waals surface area contributed by atoms with E-state index in [2.05, 4.69) is 9.97 Å². The van der Waals surface area contributed by atoms with Gasteiger partial charge in [0, 0.05) is 24.2 Å². The molecular formula is C29H30F2N6O2. The van der Waals surface area contributed by atoms with E-state index in [-0.39, 0.29) is 30.1 Å². The van der Waals surface area contributed by atoms with Crippen LogP contribution in [0.2, 0.25) is 0 Å². The highest BCUT2D eigenvalue weighted by molar-refractivity contribution is 6.01. The Morgan fingerprint density at radius 3 is 2.67 bits per heavy atom. The molecule has 1 saturated heterocycles. The molecule has 4 aromatic rings. The van der Waals surface area contributed by atoms with Crippen LogP contribution < -0.4 is 11.3 Å². The topological polar surface area (TPSA) is 110 Å². The first kappa shape index (κ1) is 25.4. The number of carbonyl (C=O) groups is 1. The molecule has 2 fully saturated rings. The Balaban J connectivity index is 1.46. The fourth-order valence-electron chi connectivity index (χ4n) is 5.13. The maximum atomic E-state index is 14.3. The summed E-state index contributed by atoms with van der Waals surface area (Å²) in [4.78, 5) is 40.8. The number of nitrogens with one attached hydrogen (secondary N) is 1. The molecule has 1 aliphatic carbocycles. The van der Waals surface area contributed by atoms with Crippen molar-refractivity contribution in [3.63, 3.8) is 0 Å². The summed E-state index contributed by atoms with van der Waals surface area (Å²) >= 11 is 0. The summed E-state index contributed by atoms with van der Waals surface area (Å²) in [5.74, 6) is 0.452. The van der Waals surface area contributed by atoms with E-state index >= 15 is 0 Å². The smallest absolute Gasteiger partial charge is 0.282 e. The molecule has 0 atom stereocenters. The van der Waals surface area contributed by atoms with Gasteiger partial charge in [0.15, 0.2) is 0 Å². The molecule has 0 spiro atoms. The maximum Gasteiger partial charge on any atom is 0.282 e. The molecule has 3 aromatic heterocycles. The van der Waals surface area contributed by atoms with Crippen LogP contribution in [-0.2, 0) is 6.42 Å². The number of halogens is 2. The fraction of sp³-hybridized carbons (Fsp3) is 0.379. The van der Waals surface area contributed by atoms with Crippen molar-refractivity contribution in [3.8, 4) is 16.9 Å². The molecule has 1 amide bonds. The Labute approximate surface area is 223 Å². The number of amides is 1.